The van der Waals surface area contributed by atoms with E-state index in [1.165, 1.54) is 0 Å². The fraction of sp³-hybridized carbons (Fsp3) is 0.143. The summed E-state index contributed by atoms with van der Waals surface area (Å²) in [4.78, 5) is 20.6. The number of carbonyl (C=O) groups excluding carboxylic acids is 1. The minimum Gasteiger partial charge on any atom is -0.347 e. The average molecular weight is 320 g/mol. The SMILES string of the molecule is CN(Cc1ncc[nH]1)C(=O)C=Cc1cccc(Br)c1. The molecule has 1 N–H and O–H groups in total. The Morgan fingerprint density at radius 2 is 2.37 bits per heavy atom. The lowest BCUT2D eigenvalue weighted by atomic mass is 10.2. The Hall–Kier alpha value is -1.88. The van der Waals surface area contributed by atoms with E-state index in [0.717, 1.165) is 15.9 Å². The number of benzene rings is 1. The zero-order valence-corrected chi connectivity index (χ0v) is 12.1. The summed E-state index contributed by atoms with van der Waals surface area (Å²) >= 11 is 3.40. The molecule has 1 heterocycles. The van der Waals surface area contributed by atoms with Crippen LogP contribution in [0.2, 0.25) is 0 Å². The smallest absolute Gasteiger partial charge is 0.246 e. The van der Waals surface area contributed by atoms with E-state index in [9.17, 15) is 4.79 Å². The Morgan fingerprint density at radius 3 is 3.05 bits per heavy atom. The van der Waals surface area contributed by atoms with Crippen molar-refractivity contribution in [2.45, 2.75) is 6.54 Å². The first-order valence-electron chi connectivity index (χ1n) is 5.82. The van der Waals surface area contributed by atoms with Gasteiger partial charge in [0.15, 0.2) is 0 Å². The number of halogens is 1. The van der Waals surface area contributed by atoms with E-state index in [-0.39, 0.29) is 5.91 Å². The number of nitrogens with zero attached hydrogens (tertiary/aromatic N) is 2. The van der Waals surface area contributed by atoms with E-state index in [4.69, 9.17) is 0 Å². The first kappa shape index (κ1) is 13.5. The topological polar surface area (TPSA) is 49.0 Å². The number of nitrogens with one attached hydrogen (secondary N) is 1. The van der Waals surface area contributed by atoms with E-state index in [1.807, 2.05) is 24.3 Å². The van der Waals surface area contributed by atoms with E-state index < -0.39 is 0 Å². The lowest BCUT2D eigenvalue weighted by Crippen LogP contribution is -2.24. The molecule has 2 rings (SSSR count). The van der Waals surface area contributed by atoms with Gasteiger partial charge in [-0.15, -0.1) is 0 Å². The van der Waals surface area contributed by atoms with Crippen LogP contribution in [0, 0.1) is 0 Å². The maximum absolute atomic E-state index is 11.9. The zero-order chi connectivity index (χ0) is 13.7. The number of aromatic amines is 1. The van der Waals surface area contributed by atoms with Crippen molar-refractivity contribution in [1.29, 1.82) is 0 Å². The van der Waals surface area contributed by atoms with Crippen molar-refractivity contribution >= 4 is 27.9 Å². The first-order chi connectivity index (χ1) is 9.15. The van der Waals surface area contributed by atoms with Gasteiger partial charge in [-0.25, -0.2) is 4.98 Å². The molecule has 0 aliphatic heterocycles. The van der Waals surface area contributed by atoms with Crippen LogP contribution in [0.15, 0.2) is 47.2 Å². The van der Waals surface area contributed by atoms with E-state index >= 15 is 0 Å². The maximum atomic E-state index is 11.9. The molecule has 0 atom stereocenters. The molecular weight excluding hydrogens is 306 g/mol. The van der Waals surface area contributed by atoms with E-state index in [2.05, 4.69) is 25.9 Å². The molecule has 0 bridgehead atoms. The van der Waals surface area contributed by atoms with E-state index in [1.54, 1.807) is 36.5 Å². The number of amides is 1. The Balaban J connectivity index is 1.96. The molecule has 0 fully saturated rings. The number of carbonyl (C=O) groups is 1. The molecule has 1 aromatic heterocycles. The summed E-state index contributed by atoms with van der Waals surface area (Å²) in [5.74, 6) is 0.711. The van der Waals surface area contributed by atoms with Crippen LogP contribution in [0.4, 0.5) is 0 Å². The molecular formula is C14H14BrN3O. The molecule has 98 valence electrons. The summed E-state index contributed by atoms with van der Waals surface area (Å²) in [5.41, 5.74) is 0.981. The van der Waals surface area contributed by atoms with Gasteiger partial charge in [-0.05, 0) is 23.8 Å². The van der Waals surface area contributed by atoms with Crippen molar-refractivity contribution in [3.8, 4) is 0 Å². The van der Waals surface area contributed by atoms with Gasteiger partial charge < -0.3 is 9.88 Å². The molecule has 0 saturated carbocycles. The molecule has 2 aromatic rings. The van der Waals surface area contributed by atoms with Crippen LogP contribution in [-0.2, 0) is 11.3 Å². The molecule has 1 amide bonds. The number of imidazole rings is 1. The summed E-state index contributed by atoms with van der Waals surface area (Å²) in [6.07, 6.45) is 6.77. The highest BCUT2D eigenvalue weighted by Gasteiger charge is 2.06. The highest BCUT2D eigenvalue weighted by molar-refractivity contribution is 9.10. The third-order valence-electron chi connectivity index (χ3n) is 2.59. The Morgan fingerprint density at radius 1 is 1.53 bits per heavy atom. The van der Waals surface area contributed by atoms with Gasteiger partial charge in [0.1, 0.15) is 5.82 Å². The summed E-state index contributed by atoms with van der Waals surface area (Å²) in [6.45, 7) is 0.467. The molecule has 0 aliphatic rings. The number of hydrogen-bond acceptors (Lipinski definition) is 2. The first-order valence-corrected chi connectivity index (χ1v) is 6.61. The Labute approximate surface area is 120 Å². The Bertz CT molecular complexity index is 578. The second-order valence-corrected chi connectivity index (χ2v) is 5.03. The minimum absolute atomic E-state index is 0.0589. The number of H-pyrrole nitrogens is 1. The predicted molar refractivity (Wildman–Crippen MR) is 78.2 cm³/mol. The van der Waals surface area contributed by atoms with Gasteiger partial charge >= 0.3 is 0 Å². The highest BCUT2D eigenvalue weighted by Crippen LogP contribution is 2.12. The maximum Gasteiger partial charge on any atom is 0.246 e. The van der Waals surface area contributed by atoms with E-state index in [0.29, 0.717) is 6.54 Å². The monoisotopic (exact) mass is 319 g/mol. The van der Waals surface area contributed by atoms with Gasteiger partial charge in [-0.1, -0.05) is 28.1 Å². The third-order valence-corrected chi connectivity index (χ3v) is 3.08. The summed E-state index contributed by atoms with van der Waals surface area (Å²) < 4.78 is 0.992. The highest BCUT2D eigenvalue weighted by atomic mass is 79.9. The molecule has 4 nitrogen and oxygen atoms in total. The van der Waals surface area contributed by atoms with Crippen molar-refractivity contribution in [1.82, 2.24) is 14.9 Å². The quantitative estimate of drug-likeness (QED) is 0.881. The standard InChI is InChI=1S/C14H14BrN3O/c1-18(10-13-16-7-8-17-13)14(19)6-5-11-3-2-4-12(15)9-11/h2-9H,10H2,1H3,(H,16,17). The largest absolute Gasteiger partial charge is 0.347 e. The lowest BCUT2D eigenvalue weighted by molar-refractivity contribution is -0.125. The van der Waals surface area contributed by atoms with Crippen LogP contribution < -0.4 is 0 Å². The molecule has 1 aromatic carbocycles. The predicted octanol–water partition coefficient (Wildman–Crippen LogP) is 2.84. The normalized spacial score (nSPS) is 10.8. The third kappa shape index (κ3) is 4.06. The molecule has 5 heteroatoms. The van der Waals surface area contributed by atoms with Gasteiger partial charge in [-0.2, -0.15) is 0 Å². The molecule has 0 saturated heterocycles. The number of hydrogen-bond donors (Lipinski definition) is 1. The van der Waals surface area contributed by atoms with Crippen LogP contribution in [0.25, 0.3) is 6.08 Å². The summed E-state index contributed by atoms with van der Waals surface area (Å²) in [5, 5.41) is 0. The fourth-order valence-corrected chi connectivity index (χ4v) is 2.01. The van der Waals surface area contributed by atoms with Gasteiger partial charge in [0.25, 0.3) is 0 Å². The van der Waals surface area contributed by atoms with Gasteiger partial charge in [0.05, 0.1) is 6.54 Å². The molecule has 0 radical (unpaired) electrons. The van der Waals surface area contributed by atoms with Gasteiger partial charge in [0, 0.05) is 30.0 Å². The van der Waals surface area contributed by atoms with Crippen LogP contribution in [0.3, 0.4) is 0 Å². The lowest BCUT2D eigenvalue weighted by Gasteiger charge is -2.12. The molecule has 19 heavy (non-hydrogen) atoms. The van der Waals surface area contributed by atoms with Crippen LogP contribution in [0.1, 0.15) is 11.4 Å². The summed E-state index contributed by atoms with van der Waals surface area (Å²) in [7, 11) is 1.75. The number of aromatic nitrogens is 2. The van der Waals surface area contributed by atoms with Crippen LogP contribution >= 0.6 is 15.9 Å². The Kier molecular flexibility index (Phi) is 4.52. The van der Waals surface area contributed by atoms with Crippen molar-refractivity contribution in [2.75, 3.05) is 7.05 Å². The van der Waals surface area contributed by atoms with Crippen LogP contribution in [0.5, 0.6) is 0 Å². The summed E-state index contributed by atoms with van der Waals surface area (Å²) in [6, 6.07) is 7.78. The zero-order valence-electron chi connectivity index (χ0n) is 10.5. The number of rotatable bonds is 4. The average Bonchev–Trinajstić information content (AvgIpc) is 2.89. The van der Waals surface area contributed by atoms with Crippen molar-refractivity contribution in [3.05, 3.63) is 58.6 Å². The van der Waals surface area contributed by atoms with Gasteiger partial charge in [0.2, 0.25) is 5.91 Å². The second-order valence-electron chi connectivity index (χ2n) is 4.12. The molecule has 0 spiro atoms. The number of likely N-dealkylation sites (N-methyl/N-ethyl adjacent to an activating group) is 1. The van der Waals surface area contributed by atoms with Crippen molar-refractivity contribution in [3.63, 3.8) is 0 Å². The van der Waals surface area contributed by atoms with Crippen molar-refractivity contribution in [2.24, 2.45) is 0 Å². The molecule has 0 aliphatic carbocycles. The van der Waals surface area contributed by atoms with Crippen molar-refractivity contribution < 1.29 is 4.79 Å². The second kappa shape index (κ2) is 6.33. The minimum atomic E-state index is -0.0589. The fourth-order valence-electron chi connectivity index (χ4n) is 1.59. The molecule has 0 unspecified atom stereocenters. The van der Waals surface area contributed by atoms with Gasteiger partial charge in [-0.3, -0.25) is 4.79 Å². The van der Waals surface area contributed by atoms with Crippen LogP contribution in [-0.4, -0.2) is 27.8 Å².